The van der Waals surface area contributed by atoms with Crippen molar-refractivity contribution in [2.24, 2.45) is 0 Å². The van der Waals surface area contributed by atoms with Crippen LogP contribution < -0.4 is 10.1 Å². The van der Waals surface area contributed by atoms with Crippen LogP contribution in [0.3, 0.4) is 0 Å². The number of rotatable bonds is 5. The van der Waals surface area contributed by atoms with Gasteiger partial charge in [0.05, 0.1) is 11.8 Å². The third-order valence-corrected chi connectivity index (χ3v) is 5.70. The van der Waals surface area contributed by atoms with Crippen molar-refractivity contribution >= 4 is 38.4 Å². The van der Waals surface area contributed by atoms with Crippen LogP contribution in [0.2, 0.25) is 0 Å². The zero-order valence-electron chi connectivity index (χ0n) is 15.9. The molecule has 0 bridgehead atoms. The Bertz CT molecular complexity index is 1200. The van der Waals surface area contributed by atoms with Gasteiger partial charge in [-0.15, -0.1) is 0 Å². The van der Waals surface area contributed by atoms with Gasteiger partial charge in [0.2, 0.25) is 0 Å². The molecule has 0 atom stereocenters. The lowest BCUT2D eigenvalue weighted by Gasteiger charge is -2.04. The van der Waals surface area contributed by atoms with E-state index >= 15 is 0 Å². The molecule has 0 saturated heterocycles. The second-order valence-corrected chi connectivity index (χ2v) is 7.51. The molecule has 1 heterocycles. The molecule has 4 aromatic rings. The summed E-state index contributed by atoms with van der Waals surface area (Å²) in [4.78, 5) is 29.6. The van der Waals surface area contributed by atoms with E-state index in [4.69, 9.17) is 4.74 Å². The summed E-state index contributed by atoms with van der Waals surface area (Å²) in [6.07, 6.45) is 0. The number of fused-ring (bicyclic) bond motifs is 1. The number of aryl methyl sites for hydroxylation is 1. The number of aromatic nitrogens is 1. The van der Waals surface area contributed by atoms with Crippen molar-refractivity contribution in [2.75, 3.05) is 12.4 Å². The molecule has 0 saturated carbocycles. The summed E-state index contributed by atoms with van der Waals surface area (Å²) < 4.78 is 6.33. The highest BCUT2D eigenvalue weighted by Crippen LogP contribution is 2.34. The van der Waals surface area contributed by atoms with Crippen LogP contribution in [-0.2, 0) is 0 Å². The summed E-state index contributed by atoms with van der Waals surface area (Å²) in [5.74, 6) is 0.316. The number of thiazole rings is 1. The van der Waals surface area contributed by atoms with E-state index in [0.717, 1.165) is 15.8 Å². The Morgan fingerprint density at radius 2 is 1.55 bits per heavy atom. The number of carbonyl (C=O) groups is 2. The molecule has 4 rings (SSSR count). The van der Waals surface area contributed by atoms with Crippen molar-refractivity contribution in [1.82, 2.24) is 4.98 Å². The molecule has 0 radical (unpaired) electrons. The van der Waals surface area contributed by atoms with Crippen LogP contribution in [0.4, 0.5) is 5.13 Å². The molecule has 144 valence electrons. The van der Waals surface area contributed by atoms with Gasteiger partial charge >= 0.3 is 0 Å². The number of nitrogens with one attached hydrogen (secondary N) is 1. The first-order valence-electron chi connectivity index (χ1n) is 9.02. The number of nitrogens with zero attached hydrogens (tertiary/aromatic N) is 1. The highest BCUT2D eigenvalue weighted by atomic mass is 32.1. The third kappa shape index (κ3) is 3.75. The number of anilines is 1. The summed E-state index contributed by atoms with van der Waals surface area (Å²) in [5, 5.41) is 3.34. The fourth-order valence-corrected chi connectivity index (χ4v) is 3.97. The quantitative estimate of drug-likeness (QED) is 0.472. The number of benzene rings is 3. The number of hydrogen-bond donors (Lipinski definition) is 1. The Balaban J connectivity index is 1.54. The van der Waals surface area contributed by atoms with Crippen LogP contribution in [0.25, 0.3) is 10.2 Å². The summed E-state index contributed by atoms with van der Waals surface area (Å²) >= 11 is 1.40. The zero-order valence-corrected chi connectivity index (χ0v) is 16.7. The summed E-state index contributed by atoms with van der Waals surface area (Å²) in [6.45, 7) is 1.99. The first kappa shape index (κ1) is 18.8. The smallest absolute Gasteiger partial charge is 0.257 e. The Labute approximate surface area is 172 Å². The predicted octanol–water partition coefficient (Wildman–Crippen LogP) is 5.10. The van der Waals surface area contributed by atoms with Crippen LogP contribution in [0.5, 0.6) is 5.75 Å². The Morgan fingerprint density at radius 3 is 2.24 bits per heavy atom. The summed E-state index contributed by atoms with van der Waals surface area (Å²) in [7, 11) is 1.60. The highest BCUT2D eigenvalue weighted by Gasteiger charge is 2.15. The molecule has 1 N–H and O–H groups in total. The predicted molar refractivity (Wildman–Crippen MR) is 115 cm³/mol. The van der Waals surface area contributed by atoms with Crippen molar-refractivity contribution < 1.29 is 14.3 Å². The summed E-state index contributed by atoms with van der Waals surface area (Å²) in [6, 6.07) is 19.5. The maximum atomic E-state index is 12.6. The molecule has 1 amide bonds. The molecule has 29 heavy (non-hydrogen) atoms. The van der Waals surface area contributed by atoms with Gasteiger partial charge in [-0.05, 0) is 30.7 Å². The van der Waals surface area contributed by atoms with E-state index < -0.39 is 0 Å². The fraction of sp³-hybridized carbons (Fsp3) is 0.0870. The maximum Gasteiger partial charge on any atom is 0.257 e. The standard InChI is InChI=1S/C23H18N2O3S/c1-14-8-13-18(28-2)19-21(14)29-23(24-19)25-22(27)17-11-9-16(10-12-17)20(26)15-6-4-3-5-7-15/h3-13H,1-2H3,(H,24,25,27). The number of hydrogen-bond acceptors (Lipinski definition) is 5. The van der Waals surface area contributed by atoms with E-state index in [1.807, 2.05) is 37.3 Å². The molecule has 0 spiro atoms. The minimum atomic E-state index is -0.278. The van der Waals surface area contributed by atoms with Crippen molar-refractivity contribution in [1.29, 1.82) is 0 Å². The van der Waals surface area contributed by atoms with Crippen LogP contribution in [-0.4, -0.2) is 23.8 Å². The molecule has 6 heteroatoms. The molecule has 3 aromatic carbocycles. The molecule has 0 aliphatic heterocycles. The Hall–Kier alpha value is -3.51. The van der Waals surface area contributed by atoms with E-state index in [2.05, 4.69) is 10.3 Å². The molecule has 5 nitrogen and oxygen atoms in total. The van der Waals surface area contributed by atoms with E-state index in [1.54, 1.807) is 43.5 Å². The zero-order chi connectivity index (χ0) is 20.4. The van der Waals surface area contributed by atoms with Crippen molar-refractivity contribution in [3.05, 3.63) is 89.0 Å². The van der Waals surface area contributed by atoms with Crippen molar-refractivity contribution in [2.45, 2.75) is 6.92 Å². The van der Waals surface area contributed by atoms with Crippen molar-refractivity contribution in [3.8, 4) is 5.75 Å². The van der Waals surface area contributed by atoms with E-state index in [0.29, 0.717) is 27.6 Å². The van der Waals surface area contributed by atoms with Gasteiger partial charge in [-0.1, -0.05) is 59.9 Å². The minimum absolute atomic E-state index is 0.0775. The second-order valence-electron chi connectivity index (χ2n) is 6.51. The van der Waals surface area contributed by atoms with Gasteiger partial charge < -0.3 is 4.74 Å². The van der Waals surface area contributed by atoms with Crippen LogP contribution >= 0.6 is 11.3 Å². The average Bonchev–Trinajstić information content (AvgIpc) is 3.19. The maximum absolute atomic E-state index is 12.6. The SMILES string of the molecule is COc1ccc(C)c2sc(NC(=O)c3ccc(C(=O)c4ccccc4)cc3)nc12. The van der Waals surface area contributed by atoms with Crippen LogP contribution in [0.15, 0.2) is 66.7 Å². The molecule has 1 aromatic heterocycles. The monoisotopic (exact) mass is 402 g/mol. The molecule has 0 aliphatic rings. The van der Waals surface area contributed by atoms with Gasteiger partial charge in [-0.3, -0.25) is 14.9 Å². The average molecular weight is 402 g/mol. The number of ketones is 1. The first-order chi connectivity index (χ1) is 14.1. The van der Waals surface area contributed by atoms with Gasteiger partial charge in [0, 0.05) is 16.7 Å². The van der Waals surface area contributed by atoms with E-state index in [-0.39, 0.29) is 11.7 Å². The van der Waals surface area contributed by atoms with Gasteiger partial charge in [-0.25, -0.2) is 4.98 Å². The fourth-order valence-electron chi connectivity index (χ4n) is 3.03. The lowest BCUT2D eigenvalue weighted by atomic mass is 10.0. The Kier molecular flexibility index (Phi) is 5.10. The lowest BCUT2D eigenvalue weighted by Crippen LogP contribution is -2.12. The normalized spacial score (nSPS) is 10.7. The molecular weight excluding hydrogens is 384 g/mol. The van der Waals surface area contributed by atoms with Gasteiger partial charge in [-0.2, -0.15) is 0 Å². The highest BCUT2D eigenvalue weighted by molar-refractivity contribution is 7.22. The first-order valence-corrected chi connectivity index (χ1v) is 9.84. The van der Waals surface area contributed by atoms with E-state index in [1.165, 1.54) is 11.3 Å². The topological polar surface area (TPSA) is 68.3 Å². The number of ether oxygens (including phenoxy) is 1. The number of methoxy groups -OCH3 is 1. The molecule has 0 fully saturated rings. The molecular formula is C23H18N2O3S. The molecule has 0 aliphatic carbocycles. The largest absolute Gasteiger partial charge is 0.494 e. The summed E-state index contributed by atoms with van der Waals surface area (Å²) in [5.41, 5.74) is 3.41. The van der Waals surface area contributed by atoms with Crippen LogP contribution in [0, 0.1) is 6.92 Å². The molecule has 0 unspecified atom stereocenters. The van der Waals surface area contributed by atoms with Crippen LogP contribution in [0.1, 0.15) is 31.8 Å². The van der Waals surface area contributed by atoms with Gasteiger partial charge in [0.1, 0.15) is 11.3 Å². The lowest BCUT2D eigenvalue weighted by molar-refractivity contribution is 0.102. The van der Waals surface area contributed by atoms with Gasteiger partial charge in [0.25, 0.3) is 5.91 Å². The second kappa shape index (κ2) is 7.85. The van der Waals surface area contributed by atoms with E-state index in [9.17, 15) is 9.59 Å². The number of carbonyl (C=O) groups excluding carboxylic acids is 2. The van der Waals surface area contributed by atoms with Crippen molar-refractivity contribution in [3.63, 3.8) is 0 Å². The van der Waals surface area contributed by atoms with Gasteiger partial charge in [0.15, 0.2) is 10.9 Å². The third-order valence-electron chi connectivity index (χ3n) is 4.59. The Morgan fingerprint density at radius 1 is 0.897 bits per heavy atom. The minimum Gasteiger partial charge on any atom is -0.494 e. The number of amides is 1.